The molecule has 0 saturated heterocycles. The van der Waals surface area contributed by atoms with E-state index in [-0.39, 0.29) is 0 Å². The van der Waals surface area contributed by atoms with E-state index in [1.165, 1.54) is 58.0 Å². The minimum absolute atomic E-state index is 0.893. The van der Waals surface area contributed by atoms with Crippen LogP contribution in [0.4, 0.5) is 0 Å². The van der Waals surface area contributed by atoms with E-state index in [4.69, 9.17) is 0 Å². The smallest absolute Gasteiger partial charge is 0.00682 e. The minimum Gasteiger partial charge on any atom is -0.314 e. The van der Waals surface area contributed by atoms with Gasteiger partial charge in [-0.25, -0.2) is 0 Å². The second-order valence-corrected chi connectivity index (χ2v) is 4.52. The molecule has 2 N–H and O–H groups in total. The van der Waals surface area contributed by atoms with Gasteiger partial charge >= 0.3 is 0 Å². The summed E-state index contributed by atoms with van der Waals surface area (Å²) >= 11 is 0. The molecule has 2 rings (SSSR count). The van der Waals surface area contributed by atoms with Crippen molar-refractivity contribution in [2.75, 3.05) is 13.1 Å². The molecule has 0 aromatic carbocycles. The molecule has 0 unspecified atom stereocenters. The van der Waals surface area contributed by atoms with Crippen molar-refractivity contribution in [2.24, 2.45) is 0 Å². The molecule has 2 nitrogen and oxygen atoms in total. The van der Waals surface area contributed by atoms with E-state index >= 15 is 0 Å². The third-order valence-electron chi connectivity index (χ3n) is 2.87. The number of nitrogens with one attached hydrogen (secondary N) is 2. The van der Waals surface area contributed by atoms with Crippen LogP contribution in [0, 0.1) is 0 Å². The molecule has 0 atom stereocenters. The van der Waals surface area contributed by atoms with Crippen LogP contribution >= 0.6 is 0 Å². The van der Waals surface area contributed by atoms with Crippen LogP contribution in [0.2, 0.25) is 0 Å². The van der Waals surface area contributed by atoms with Gasteiger partial charge < -0.3 is 10.6 Å². The lowest BCUT2D eigenvalue weighted by Crippen LogP contribution is -2.19. The van der Waals surface area contributed by atoms with Crippen LogP contribution in [0.1, 0.15) is 44.9 Å². The van der Waals surface area contributed by atoms with E-state index in [9.17, 15) is 0 Å². The summed E-state index contributed by atoms with van der Waals surface area (Å²) in [4.78, 5) is 0. The van der Waals surface area contributed by atoms with Gasteiger partial charge in [-0.3, -0.25) is 0 Å². The maximum absolute atomic E-state index is 3.55. The van der Waals surface area contributed by atoms with Gasteiger partial charge in [0, 0.05) is 12.1 Å². The molecule has 2 aliphatic rings. The summed E-state index contributed by atoms with van der Waals surface area (Å²) in [6.07, 6.45) is 9.80. The zero-order valence-corrected chi connectivity index (χ0v) is 8.52. The van der Waals surface area contributed by atoms with Crippen molar-refractivity contribution in [2.45, 2.75) is 57.0 Å². The molecule has 0 amide bonds. The lowest BCUT2D eigenvalue weighted by Gasteiger charge is -2.03. The first-order valence-corrected chi connectivity index (χ1v) is 5.92. The van der Waals surface area contributed by atoms with Crippen molar-refractivity contribution < 1.29 is 0 Å². The molecule has 0 aromatic heterocycles. The normalized spacial score (nSPS) is 22.2. The van der Waals surface area contributed by atoms with Gasteiger partial charge in [0.25, 0.3) is 0 Å². The van der Waals surface area contributed by atoms with E-state index in [0.29, 0.717) is 0 Å². The van der Waals surface area contributed by atoms with Crippen LogP contribution in [0.25, 0.3) is 0 Å². The van der Waals surface area contributed by atoms with Gasteiger partial charge in [-0.1, -0.05) is 6.42 Å². The van der Waals surface area contributed by atoms with Gasteiger partial charge in [0.15, 0.2) is 0 Å². The van der Waals surface area contributed by atoms with Gasteiger partial charge in [0.1, 0.15) is 0 Å². The summed E-state index contributed by atoms with van der Waals surface area (Å²) in [6, 6.07) is 1.79. The first-order chi connectivity index (χ1) is 6.45. The minimum atomic E-state index is 0.893. The van der Waals surface area contributed by atoms with Crippen LogP contribution in [-0.2, 0) is 0 Å². The van der Waals surface area contributed by atoms with Crippen molar-refractivity contribution in [1.29, 1.82) is 0 Å². The Kier molecular flexibility index (Phi) is 3.62. The third-order valence-corrected chi connectivity index (χ3v) is 2.87. The summed E-state index contributed by atoms with van der Waals surface area (Å²) in [5, 5.41) is 7.10. The second-order valence-electron chi connectivity index (χ2n) is 4.52. The first kappa shape index (κ1) is 9.47. The fourth-order valence-electron chi connectivity index (χ4n) is 1.61. The number of hydrogen-bond acceptors (Lipinski definition) is 2. The summed E-state index contributed by atoms with van der Waals surface area (Å²) in [6.45, 7) is 2.49. The third kappa shape index (κ3) is 4.63. The lowest BCUT2D eigenvalue weighted by molar-refractivity contribution is 0.569. The largest absolute Gasteiger partial charge is 0.314 e. The van der Waals surface area contributed by atoms with Gasteiger partial charge in [0.2, 0.25) is 0 Å². The average molecular weight is 182 g/mol. The quantitative estimate of drug-likeness (QED) is 0.558. The Labute approximate surface area is 81.5 Å². The first-order valence-electron chi connectivity index (χ1n) is 5.92. The van der Waals surface area contributed by atoms with Crippen LogP contribution in [0.5, 0.6) is 0 Å². The molecule has 2 heteroatoms. The second kappa shape index (κ2) is 4.97. The average Bonchev–Trinajstić information content (AvgIpc) is 2.99. The van der Waals surface area contributed by atoms with E-state index in [1.807, 2.05) is 0 Å². The zero-order chi connectivity index (χ0) is 8.93. The van der Waals surface area contributed by atoms with Crippen LogP contribution < -0.4 is 10.6 Å². The van der Waals surface area contributed by atoms with Crippen molar-refractivity contribution in [3.8, 4) is 0 Å². The van der Waals surface area contributed by atoms with Crippen molar-refractivity contribution in [3.63, 3.8) is 0 Å². The molecule has 76 valence electrons. The molecular formula is C11H22N2. The van der Waals surface area contributed by atoms with E-state index < -0.39 is 0 Å². The molecule has 2 aliphatic carbocycles. The Morgan fingerprint density at radius 1 is 0.692 bits per heavy atom. The highest BCUT2D eigenvalue weighted by atomic mass is 14.9. The summed E-state index contributed by atoms with van der Waals surface area (Å²) in [5.74, 6) is 0. The number of hydrogen-bond donors (Lipinski definition) is 2. The Morgan fingerprint density at radius 2 is 1.15 bits per heavy atom. The van der Waals surface area contributed by atoms with E-state index in [0.717, 1.165) is 12.1 Å². The highest BCUT2D eigenvalue weighted by Gasteiger charge is 2.20. The Hall–Kier alpha value is -0.0800. The molecule has 2 saturated carbocycles. The molecule has 0 aliphatic heterocycles. The summed E-state index contributed by atoms with van der Waals surface area (Å²) in [7, 11) is 0. The maximum atomic E-state index is 3.55. The number of unbranched alkanes of at least 4 members (excludes halogenated alkanes) is 2. The van der Waals surface area contributed by atoms with Crippen molar-refractivity contribution in [3.05, 3.63) is 0 Å². The fourth-order valence-corrected chi connectivity index (χ4v) is 1.61. The lowest BCUT2D eigenvalue weighted by atomic mass is 10.2. The van der Waals surface area contributed by atoms with E-state index in [1.54, 1.807) is 0 Å². The predicted octanol–water partition coefficient (Wildman–Crippen LogP) is 1.66. The zero-order valence-electron chi connectivity index (χ0n) is 8.52. The summed E-state index contributed by atoms with van der Waals surface area (Å²) < 4.78 is 0. The van der Waals surface area contributed by atoms with Crippen molar-refractivity contribution in [1.82, 2.24) is 10.6 Å². The molecule has 0 spiro atoms. The van der Waals surface area contributed by atoms with Gasteiger partial charge in [-0.05, 0) is 51.6 Å². The molecule has 13 heavy (non-hydrogen) atoms. The molecular weight excluding hydrogens is 160 g/mol. The molecule has 2 fully saturated rings. The maximum Gasteiger partial charge on any atom is 0.00682 e. The van der Waals surface area contributed by atoms with Crippen molar-refractivity contribution >= 4 is 0 Å². The van der Waals surface area contributed by atoms with Gasteiger partial charge in [-0.2, -0.15) is 0 Å². The Morgan fingerprint density at radius 3 is 1.54 bits per heavy atom. The van der Waals surface area contributed by atoms with Crippen LogP contribution in [0.3, 0.4) is 0 Å². The summed E-state index contributed by atoms with van der Waals surface area (Å²) in [5.41, 5.74) is 0. The highest BCUT2D eigenvalue weighted by Crippen LogP contribution is 2.19. The molecule has 0 bridgehead atoms. The molecule has 0 radical (unpaired) electrons. The van der Waals surface area contributed by atoms with Gasteiger partial charge in [0.05, 0.1) is 0 Å². The standard InChI is InChI=1S/C11H22N2/c1(2-8-12-10-4-5-10)3-9-13-11-6-7-11/h10-13H,1-9H2. The monoisotopic (exact) mass is 182 g/mol. The van der Waals surface area contributed by atoms with Crippen LogP contribution in [0.15, 0.2) is 0 Å². The fraction of sp³-hybridized carbons (Fsp3) is 1.00. The topological polar surface area (TPSA) is 24.1 Å². The SMILES string of the molecule is C(CCNC1CC1)CCNC1CC1. The molecule has 0 aromatic rings. The predicted molar refractivity (Wildman–Crippen MR) is 55.9 cm³/mol. The van der Waals surface area contributed by atoms with Crippen LogP contribution in [-0.4, -0.2) is 25.2 Å². The Balaban J connectivity index is 1.28. The van der Waals surface area contributed by atoms with E-state index in [2.05, 4.69) is 10.6 Å². The number of rotatable bonds is 8. The Bertz CT molecular complexity index is 123. The molecule has 0 heterocycles. The van der Waals surface area contributed by atoms with Gasteiger partial charge in [-0.15, -0.1) is 0 Å². The highest BCUT2D eigenvalue weighted by molar-refractivity contribution is 4.81.